The molecule has 0 saturated carbocycles. The van der Waals surface area contributed by atoms with Crippen molar-refractivity contribution in [3.8, 4) is 0 Å². The molecular weight excluding hydrogens is 326 g/mol. The number of nitro groups is 1. The maximum absolute atomic E-state index is 12.5. The second kappa shape index (κ2) is 6.98. The van der Waals surface area contributed by atoms with Crippen LogP contribution < -0.4 is 5.32 Å². The lowest BCUT2D eigenvalue weighted by molar-refractivity contribution is -0.385. The Hall–Kier alpha value is -2.81. The molecular formula is C16H21N5O4. The van der Waals surface area contributed by atoms with E-state index in [2.05, 4.69) is 15.5 Å². The van der Waals surface area contributed by atoms with Crippen molar-refractivity contribution in [3.63, 3.8) is 0 Å². The number of amides is 1. The van der Waals surface area contributed by atoms with Gasteiger partial charge in [0.25, 0.3) is 11.6 Å². The van der Waals surface area contributed by atoms with E-state index < -0.39 is 16.4 Å². The predicted molar refractivity (Wildman–Crippen MR) is 90.0 cm³/mol. The third-order valence-corrected chi connectivity index (χ3v) is 3.57. The molecule has 0 spiro atoms. The number of carbonyl (C=O) groups excluding carboxylic acids is 1. The molecule has 9 nitrogen and oxygen atoms in total. The van der Waals surface area contributed by atoms with Crippen molar-refractivity contribution >= 4 is 11.6 Å². The summed E-state index contributed by atoms with van der Waals surface area (Å²) in [5.74, 6) is 0.319. The lowest BCUT2D eigenvalue weighted by Gasteiger charge is -2.22. The monoisotopic (exact) mass is 347 g/mol. The molecule has 0 aliphatic rings. The van der Waals surface area contributed by atoms with E-state index in [0.29, 0.717) is 23.8 Å². The maximum Gasteiger partial charge on any atom is 0.273 e. The highest BCUT2D eigenvalue weighted by Crippen LogP contribution is 2.22. The van der Waals surface area contributed by atoms with Crippen LogP contribution in [0.1, 0.15) is 41.5 Å². The molecule has 0 unspecified atom stereocenters. The fraction of sp³-hybridized carbons (Fsp3) is 0.438. The minimum Gasteiger partial charge on any atom is -0.340 e. The van der Waals surface area contributed by atoms with E-state index >= 15 is 0 Å². The van der Waals surface area contributed by atoms with E-state index in [1.165, 1.54) is 6.07 Å². The highest BCUT2D eigenvalue weighted by atomic mass is 16.6. The average molecular weight is 347 g/mol. The van der Waals surface area contributed by atoms with Gasteiger partial charge < -0.3 is 14.7 Å². The van der Waals surface area contributed by atoms with Gasteiger partial charge >= 0.3 is 0 Å². The van der Waals surface area contributed by atoms with E-state index in [9.17, 15) is 14.9 Å². The zero-order valence-corrected chi connectivity index (χ0v) is 14.9. The first-order chi connectivity index (χ1) is 11.6. The number of nitrogens with zero attached hydrogens (tertiary/aromatic N) is 4. The Labute approximate surface area is 145 Å². The molecule has 2 aromatic rings. The number of nitro benzene ring substituents is 1. The Bertz CT molecular complexity index is 798. The summed E-state index contributed by atoms with van der Waals surface area (Å²) in [6.45, 7) is 5.58. The van der Waals surface area contributed by atoms with Crippen molar-refractivity contribution < 1.29 is 14.2 Å². The third-order valence-electron chi connectivity index (χ3n) is 3.57. The Morgan fingerprint density at radius 3 is 2.68 bits per heavy atom. The number of hydrogen-bond donors (Lipinski definition) is 1. The average Bonchev–Trinajstić information content (AvgIpc) is 2.95. The van der Waals surface area contributed by atoms with Crippen molar-refractivity contribution in [2.75, 3.05) is 14.1 Å². The standard InChI is InChI=1S/C16H21N5O4/c1-10-6-7-11(8-12(10)21(23)24)14(22)18-16(2,3)15-17-13(25-19-15)9-20(4)5/h6-8H,9H2,1-5H3,(H,18,22). The topological polar surface area (TPSA) is 114 Å². The third kappa shape index (κ3) is 4.38. The van der Waals surface area contributed by atoms with Gasteiger partial charge in [0.05, 0.1) is 17.0 Å². The van der Waals surface area contributed by atoms with Crippen LogP contribution in [-0.2, 0) is 12.1 Å². The Balaban J connectivity index is 2.19. The summed E-state index contributed by atoms with van der Waals surface area (Å²) in [4.78, 5) is 29.2. The van der Waals surface area contributed by atoms with Gasteiger partial charge in [-0.25, -0.2) is 0 Å². The summed E-state index contributed by atoms with van der Waals surface area (Å²) >= 11 is 0. The van der Waals surface area contributed by atoms with Gasteiger partial charge in [-0.2, -0.15) is 4.98 Å². The summed E-state index contributed by atoms with van der Waals surface area (Å²) in [6, 6.07) is 4.35. The van der Waals surface area contributed by atoms with E-state index in [-0.39, 0.29) is 11.3 Å². The molecule has 1 amide bonds. The van der Waals surface area contributed by atoms with Crippen molar-refractivity contribution in [2.45, 2.75) is 32.9 Å². The first kappa shape index (κ1) is 18.5. The first-order valence-electron chi connectivity index (χ1n) is 7.65. The molecule has 0 saturated heterocycles. The molecule has 0 bridgehead atoms. The van der Waals surface area contributed by atoms with Crippen LogP contribution in [0.5, 0.6) is 0 Å². The van der Waals surface area contributed by atoms with Gasteiger partial charge in [-0.15, -0.1) is 0 Å². The Kier molecular flexibility index (Phi) is 5.17. The number of aryl methyl sites for hydroxylation is 1. The molecule has 1 aromatic heterocycles. The fourth-order valence-electron chi connectivity index (χ4n) is 2.20. The van der Waals surface area contributed by atoms with Gasteiger partial charge in [0, 0.05) is 17.2 Å². The molecule has 25 heavy (non-hydrogen) atoms. The molecule has 0 aliphatic carbocycles. The van der Waals surface area contributed by atoms with Gasteiger partial charge in [-0.3, -0.25) is 14.9 Å². The van der Waals surface area contributed by atoms with Gasteiger partial charge in [0.2, 0.25) is 5.89 Å². The van der Waals surface area contributed by atoms with Crippen LogP contribution in [-0.4, -0.2) is 40.0 Å². The van der Waals surface area contributed by atoms with Crippen LogP contribution >= 0.6 is 0 Å². The van der Waals surface area contributed by atoms with Crippen LogP contribution in [0.4, 0.5) is 5.69 Å². The number of hydrogen-bond acceptors (Lipinski definition) is 7. The van der Waals surface area contributed by atoms with Crippen LogP contribution in [0, 0.1) is 17.0 Å². The van der Waals surface area contributed by atoms with Crippen molar-refractivity contribution in [1.29, 1.82) is 0 Å². The van der Waals surface area contributed by atoms with E-state index in [0.717, 1.165) is 0 Å². The molecule has 0 atom stereocenters. The molecule has 134 valence electrons. The lowest BCUT2D eigenvalue weighted by atomic mass is 10.0. The highest BCUT2D eigenvalue weighted by molar-refractivity contribution is 5.95. The minimum atomic E-state index is -0.898. The number of rotatable bonds is 6. The lowest BCUT2D eigenvalue weighted by Crippen LogP contribution is -2.42. The number of benzene rings is 1. The molecule has 0 aliphatic heterocycles. The maximum atomic E-state index is 12.5. The van der Waals surface area contributed by atoms with E-state index in [1.807, 2.05) is 19.0 Å². The highest BCUT2D eigenvalue weighted by Gasteiger charge is 2.29. The predicted octanol–water partition coefficient (Wildman–Crippen LogP) is 2.01. The molecule has 1 heterocycles. The summed E-state index contributed by atoms with van der Waals surface area (Å²) in [5, 5.41) is 17.7. The van der Waals surface area contributed by atoms with Crippen molar-refractivity contribution in [3.05, 3.63) is 51.2 Å². The van der Waals surface area contributed by atoms with Crippen molar-refractivity contribution in [2.24, 2.45) is 0 Å². The molecule has 0 radical (unpaired) electrons. The number of aromatic nitrogens is 2. The largest absolute Gasteiger partial charge is 0.340 e. The number of carbonyl (C=O) groups is 1. The Morgan fingerprint density at radius 2 is 2.08 bits per heavy atom. The zero-order chi connectivity index (χ0) is 18.8. The first-order valence-corrected chi connectivity index (χ1v) is 7.65. The van der Waals surface area contributed by atoms with Gasteiger partial charge in [0.1, 0.15) is 0 Å². The molecule has 1 aromatic carbocycles. The quantitative estimate of drug-likeness (QED) is 0.628. The summed E-state index contributed by atoms with van der Waals surface area (Å²) in [5.41, 5.74) is -0.307. The normalized spacial score (nSPS) is 11.6. The number of nitrogens with one attached hydrogen (secondary N) is 1. The molecule has 0 fully saturated rings. The summed E-state index contributed by atoms with van der Waals surface area (Å²) in [6.07, 6.45) is 0. The molecule has 1 N–H and O–H groups in total. The molecule has 9 heteroatoms. The van der Waals surface area contributed by atoms with Crippen LogP contribution in [0.2, 0.25) is 0 Å². The van der Waals surface area contributed by atoms with Gasteiger partial charge in [0.15, 0.2) is 5.82 Å². The van der Waals surface area contributed by atoms with E-state index in [4.69, 9.17) is 4.52 Å². The fourth-order valence-corrected chi connectivity index (χ4v) is 2.20. The van der Waals surface area contributed by atoms with Crippen molar-refractivity contribution in [1.82, 2.24) is 20.4 Å². The Morgan fingerprint density at radius 1 is 1.40 bits per heavy atom. The molecule has 2 rings (SSSR count). The van der Waals surface area contributed by atoms with E-state index in [1.54, 1.807) is 32.9 Å². The zero-order valence-electron chi connectivity index (χ0n) is 14.9. The second-order valence-electron chi connectivity index (χ2n) is 6.59. The second-order valence-corrected chi connectivity index (χ2v) is 6.59. The van der Waals surface area contributed by atoms with Gasteiger partial charge in [-0.1, -0.05) is 11.2 Å². The van der Waals surface area contributed by atoms with Crippen LogP contribution in [0.25, 0.3) is 0 Å². The summed E-state index contributed by atoms with van der Waals surface area (Å²) < 4.78 is 5.17. The summed E-state index contributed by atoms with van der Waals surface area (Å²) in [7, 11) is 3.75. The van der Waals surface area contributed by atoms with Gasteiger partial charge in [-0.05, 0) is 40.9 Å². The van der Waals surface area contributed by atoms with Crippen LogP contribution in [0.15, 0.2) is 22.7 Å². The van der Waals surface area contributed by atoms with Crippen LogP contribution in [0.3, 0.4) is 0 Å². The smallest absolute Gasteiger partial charge is 0.273 e. The SMILES string of the molecule is Cc1ccc(C(=O)NC(C)(C)c2noc(CN(C)C)n2)cc1[N+](=O)[O-]. The minimum absolute atomic E-state index is 0.0988.